The van der Waals surface area contributed by atoms with E-state index in [9.17, 15) is 31.5 Å². The predicted octanol–water partition coefficient (Wildman–Crippen LogP) is 4.74. The first-order chi connectivity index (χ1) is 18.5. The van der Waals surface area contributed by atoms with Gasteiger partial charge in [0, 0.05) is 73.7 Å². The Balaban J connectivity index is 0.00000441. The lowest BCUT2D eigenvalue weighted by Gasteiger charge is -2.15. The number of benzene rings is 1. The molecule has 4 aromatic rings. The van der Waals surface area contributed by atoms with Gasteiger partial charge in [-0.15, -0.1) is 13.2 Å². The molecule has 0 aliphatic carbocycles. The molecular weight excluding hydrogens is 525 g/mol. The summed E-state index contributed by atoms with van der Waals surface area (Å²) in [6.07, 6.45) is -0.359. The van der Waals surface area contributed by atoms with Gasteiger partial charge in [0.25, 0.3) is 11.1 Å². The summed E-state index contributed by atoms with van der Waals surface area (Å²) in [5.74, 6) is 0. The van der Waals surface area contributed by atoms with Gasteiger partial charge in [-0.25, -0.2) is 0 Å². The van der Waals surface area contributed by atoms with Crippen molar-refractivity contribution in [3.8, 4) is 22.3 Å². The van der Waals surface area contributed by atoms with Crippen LogP contribution in [-0.4, -0.2) is 39.9 Å². The largest absolute Gasteiger partial charge is 0.503 e. The minimum Gasteiger partial charge on any atom is -0.404 e. The number of aromatic nitrogens is 3. The Morgan fingerprint density at radius 1 is 1.13 bits per heavy atom. The van der Waals surface area contributed by atoms with Crippen molar-refractivity contribution >= 4 is 22.7 Å². The smallest absolute Gasteiger partial charge is 0.404 e. The van der Waals surface area contributed by atoms with Gasteiger partial charge in [0.2, 0.25) is 0 Å². The van der Waals surface area contributed by atoms with Crippen LogP contribution in [0.4, 0.5) is 22.0 Å². The molecule has 3 heterocycles. The first-order valence-electron chi connectivity index (χ1n) is 11.4. The van der Waals surface area contributed by atoms with Gasteiger partial charge in [0.15, 0.2) is 0 Å². The number of nitrogens with zero attached hydrogens (tertiary/aromatic N) is 3. The lowest BCUT2D eigenvalue weighted by Crippen LogP contribution is -2.23. The molecule has 0 amide bonds. The topological polar surface area (TPSA) is 107 Å². The Morgan fingerprint density at radius 3 is 2.49 bits per heavy atom. The third-order valence-electron chi connectivity index (χ3n) is 5.88. The molecule has 206 valence electrons. The highest BCUT2D eigenvalue weighted by molar-refractivity contribution is 6.11. The molecule has 0 spiro atoms. The fourth-order valence-electron chi connectivity index (χ4n) is 4.11. The van der Waals surface area contributed by atoms with Crippen LogP contribution >= 0.6 is 0 Å². The summed E-state index contributed by atoms with van der Waals surface area (Å²) in [6.45, 7) is -3.52. The van der Waals surface area contributed by atoms with Crippen molar-refractivity contribution in [2.24, 2.45) is 17.8 Å². The van der Waals surface area contributed by atoms with Gasteiger partial charge in [-0.3, -0.25) is 9.59 Å². The van der Waals surface area contributed by atoms with E-state index in [0.717, 1.165) is 6.20 Å². The van der Waals surface area contributed by atoms with E-state index in [2.05, 4.69) is 14.7 Å². The van der Waals surface area contributed by atoms with Crippen molar-refractivity contribution in [2.45, 2.75) is 19.5 Å². The summed E-state index contributed by atoms with van der Waals surface area (Å²) in [4.78, 5) is 31.3. The highest BCUT2D eigenvalue weighted by Crippen LogP contribution is 2.35. The number of rotatable bonds is 8. The molecule has 0 aliphatic heterocycles. The van der Waals surface area contributed by atoms with Gasteiger partial charge in [-0.2, -0.15) is 13.8 Å². The van der Waals surface area contributed by atoms with Crippen molar-refractivity contribution in [3.05, 3.63) is 87.5 Å². The number of hydrogen-bond donors (Lipinski definition) is 2. The van der Waals surface area contributed by atoms with Crippen molar-refractivity contribution in [1.29, 1.82) is 0 Å². The molecule has 0 aliphatic rings. The van der Waals surface area contributed by atoms with Crippen molar-refractivity contribution in [3.63, 3.8) is 0 Å². The molecule has 13 heteroatoms. The number of nitrogens with one attached hydrogen (secondary N) is 1. The molecule has 0 fully saturated rings. The van der Waals surface area contributed by atoms with Crippen LogP contribution in [0.5, 0.6) is 0 Å². The second-order valence-corrected chi connectivity index (χ2v) is 8.41. The summed E-state index contributed by atoms with van der Waals surface area (Å²) >= 11 is 0. The van der Waals surface area contributed by atoms with Crippen LogP contribution in [0, 0.1) is 0 Å². The highest BCUT2D eigenvalue weighted by Gasteiger charge is 2.25. The van der Waals surface area contributed by atoms with Gasteiger partial charge in [0.05, 0.1) is 6.61 Å². The number of aliphatic imine (C=N–C) groups is 1. The van der Waals surface area contributed by atoms with Crippen LogP contribution in [0.15, 0.2) is 75.6 Å². The molecule has 1 aromatic carbocycles. The van der Waals surface area contributed by atoms with Crippen LogP contribution < -0.4 is 16.9 Å². The van der Waals surface area contributed by atoms with Crippen LogP contribution in [0.25, 0.3) is 38.7 Å². The molecule has 3 N–H and O–H groups in total. The maximum atomic E-state index is 13.0. The fraction of sp³-hybridized carbons (Fsp3) is 0.192. The van der Waals surface area contributed by atoms with Crippen LogP contribution in [0.3, 0.4) is 0 Å². The number of aromatic amines is 1. The standard InChI is InChI=1S/C26H22F5N5O3.H2/c1-35-13-20(18-9-21(34-23(18)24(35)38)16(11-32)12-33-26(29,30)31)17-10-22(37)36(7-8-39-25(27)28)14-19(17)15-5-3-2-4-6-15;/h2-6,9-14,25,34H,7-8,32H2,1H3;1H/b16-11+,33-12+;. The first kappa shape index (κ1) is 27.5. The molecule has 39 heavy (non-hydrogen) atoms. The number of aryl methyl sites for hydroxylation is 1. The molecule has 0 radical (unpaired) electrons. The minimum absolute atomic E-state index is 0. The van der Waals surface area contributed by atoms with E-state index in [1.165, 1.54) is 40.7 Å². The lowest BCUT2D eigenvalue weighted by atomic mass is 9.95. The molecule has 0 saturated carbocycles. The molecule has 3 aromatic heterocycles. The number of H-pyrrole nitrogens is 1. The molecule has 4 rings (SSSR count). The monoisotopic (exact) mass is 549 g/mol. The van der Waals surface area contributed by atoms with Gasteiger partial charge in [-0.05, 0) is 17.2 Å². The SMILES string of the molecule is Cn1cc(-c2cc(=O)n(CCOC(F)F)cc2-c2ccccc2)c2cc(C(=C/N)/C=N/C(F)(F)F)[nH]c2c1=O.[HH]. The molecule has 0 saturated heterocycles. The van der Waals surface area contributed by atoms with E-state index in [0.29, 0.717) is 33.9 Å². The Bertz CT molecular complexity index is 1670. The second-order valence-electron chi connectivity index (χ2n) is 8.41. The number of pyridine rings is 2. The zero-order chi connectivity index (χ0) is 28.3. The van der Waals surface area contributed by atoms with E-state index in [1.54, 1.807) is 30.3 Å². The maximum absolute atomic E-state index is 13.0. The average molecular weight is 550 g/mol. The fourth-order valence-corrected chi connectivity index (χ4v) is 4.11. The molecule has 0 atom stereocenters. The Hall–Kier alpha value is -4.52. The van der Waals surface area contributed by atoms with Crippen molar-refractivity contribution in [1.82, 2.24) is 14.1 Å². The third kappa shape index (κ3) is 6.14. The van der Waals surface area contributed by atoms with Crippen LogP contribution in [0.1, 0.15) is 7.12 Å². The van der Waals surface area contributed by atoms with Gasteiger partial charge in [0.1, 0.15) is 5.52 Å². The van der Waals surface area contributed by atoms with Crippen LogP contribution in [0.2, 0.25) is 0 Å². The number of fused-ring (bicyclic) bond motifs is 1. The normalized spacial score (nSPS) is 12.7. The second kappa shape index (κ2) is 11.1. The van der Waals surface area contributed by atoms with Crippen molar-refractivity contribution in [2.75, 3.05) is 6.61 Å². The van der Waals surface area contributed by atoms with E-state index in [-0.39, 0.29) is 24.8 Å². The number of allylic oxidation sites excluding steroid dienone is 1. The van der Waals surface area contributed by atoms with E-state index < -0.39 is 30.6 Å². The predicted molar refractivity (Wildman–Crippen MR) is 139 cm³/mol. The summed E-state index contributed by atoms with van der Waals surface area (Å²) in [6, 6.07) is 11.7. The summed E-state index contributed by atoms with van der Waals surface area (Å²) in [5, 5.41) is 0.322. The van der Waals surface area contributed by atoms with Gasteiger partial charge < -0.3 is 24.6 Å². The zero-order valence-electron chi connectivity index (χ0n) is 20.4. The number of nitrogens with two attached hydrogens (primary N) is 1. The lowest BCUT2D eigenvalue weighted by molar-refractivity contribution is -0.130. The molecule has 0 unspecified atom stereocenters. The zero-order valence-corrected chi connectivity index (χ0v) is 20.4. The minimum atomic E-state index is -4.82. The summed E-state index contributed by atoms with van der Waals surface area (Å²) in [7, 11) is 1.49. The van der Waals surface area contributed by atoms with E-state index >= 15 is 0 Å². The Kier molecular flexibility index (Phi) is 7.81. The molecule has 8 nitrogen and oxygen atoms in total. The van der Waals surface area contributed by atoms with Gasteiger partial charge >= 0.3 is 12.9 Å². The number of hydrogen-bond acceptors (Lipinski definition) is 5. The highest BCUT2D eigenvalue weighted by atomic mass is 19.4. The third-order valence-corrected chi connectivity index (χ3v) is 5.88. The maximum Gasteiger partial charge on any atom is 0.503 e. The van der Waals surface area contributed by atoms with Gasteiger partial charge in [-0.1, -0.05) is 30.3 Å². The number of ether oxygens (including phenoxy) is 1. The number of halogens is 5. The van der Waals surface area contributed by atoms with E-state index in [1.807, 2.05) is 0 Å². The van der Waals surface area contributed by atoms with E-state index in [4.69, 9.17) is 5.73 Å². The number of alkyl halides is 5. The van der Waals surface area contributed by atoms with Crippen molar-refractivity contribution < 1.29 is 28.1 Å². The van der Waals surface area contributed by atoms with Crippen LogP contribution in [-0.2, 0) is 18.3 Å². The Morgan fingerprint density at radius 2 is 1.85 bits per heavy atom. The Labute approximate surface area is 219 Å². The summed E-state index contributed by atoms with van der Waals surface area (Å²) in [5.41, 5.74) is 6.68. The average Bonchev–Trinajstić information content (AvgIpc) is 3.32. The molecule has 0 bridgehead atoms. The quantitative estimate of drug-likeness (QED) is 0.188. The summed E-state index contributed by atoms with van der Waals surface area (Å²) < 4.78 is 69.7. The molecular formula is C26H24F5N5O3. The first-order valence-corrected chi connectivity index (χ1v) is 11.4.